The van der Waals surface area contributed by atoms with E-state index in [-0.39, 0.29) is 24.0 Å². The molecule has 4 nitrogen and oxygen atoms in total. The molecule has 0 spiro atoms. The molecule has 1 atom stereocenters. The van der Waals surface area contributed by atoms with Crippen molar-refractivity contribution in [1.29, 1.82) is 0 Å². The average Bonchev–Trinajstić information content (AvgIpc) is 2.52. The summed E-state index contributed by atoms with van der Waals surface area (Å²) in [5.74, 6) is -0.0146. The Labute approximate surface area is 140 Å². The third kappa shape index (κ3) is 5.24. The minimum atomic E-state index is -4.53. The van der Waals surface area contributed by atoms with Crippen LogP contribution in [0, 0.1) is 5.82 Å². The molecule has 9 heteroatoms. The third-order valence-electron chi connectivity index (χ3n) is 2.93. The van der Waals surface area contributed by atoms with Gasteiger partial charge in [-0.3, -0.25) is 0 Å². The number of aliphatic hydroxyl groups is 1. The SMILES string of the molecule is OC(CNc1ncc(C(F)(F)F)cc1Cl)COc1ccc(F)cc1. The van der Waals surface area contributed by atoms with Crippen molar-refractivity contribution in [3.63, 3.8) is 0 Å². The fourth-order valence-electron chi connectivity index (χ4n) is 1.72. The Kier molecular flexibility index (Phi) is 5.84. The van der Waals surface area contributed by atoms with Crippen LogP contribution in [-0.2, 0) is 6.18 Å². The van der Waals surface area contributed by atoms with Gasteiger partial charge in [0.2, 0.25) is 0 Å². The van der Waals surface area contributed by atoms with Crippen LogP contribution in [-0.4, -0.2) is 29.3 Å². The van der Waals surface area contributed by atoms with Gasteiger partial charge in [-0.15, -0.1) is 0 Å². The predicted octanol–water partition coefficient (Wildman–Crippen LogP) is 3.74. The maximum atomic E-state index is 12.7. The number of aliphatic hydroxyl groups excluding tert-OH is 1. The topological polar surface area (TPSA) is 54.4 Å². The number of aromatic nitrogens is 1. The molecule has 0 saturated carbocycles. The number of hydrogen-bond donors (Lipinski definition) is 2. The van der Waals surface area contributed by atoms with Crippen LogP contribution in [0.2, 0.25) is 5.02 Å². The van der Waals surface area contributed by atoms with E-state index in [4.69, 9.17) is 16.3 Å². The molecule has 1 heterocycles. The zero-order valence-electron chi connectivity index (χ0n) is 12.1. The maximum Gasteiger partial charge on any atom is 0.417 e. The van der Waals surface area contributed by atoms with Crippen molar-refractivity contribution in [2.45, 2.75) is 12.3 Å². The van der Waals surface area contributed by atoms with Crippen molar-refractivity contribution in [2.75, 3.05) is 18.5 Å². The summed E-state index contributed by atoms with van der Waals surface area (Å²) in [6, 6.07) is 5.99. The van der Waals surface area contributed by atoms with Crippen LogP contribution < -0.4 is 10.1 Å². The molecule has 2 aromatic rings. The number of alkyl halides is 3. The van der Waals surface area contributed by atoms with E-state index in [0.29, 0.717) is 11.9 Å². The summed E-state index contributed by atoms with van der Waals surface area (Å²) < 4.78 is 55.5. The molecular weight excluding hydrogens is 352 g/mol. The van der Waals surface area contributed by atoms with E-state index in [2.05, 4.69) is 10.3 Å². The first-order valence-corrected chi connectivity index (χ1v) is 7.16. The van der Waals surface area contributed by atoms with E-state index in [1.54, 1.807) is 0 Å². The molecule has 1 aromatic carbocycles. The molecule has 0 aliphatic rings. The van der Waals surface area contributed by atoms with Gasteiger partial charge in [0, 0.05) is 12.7 Å². The summed E-state index contributed by atoms with van der Waals surface area (Å²) >= 11 is 5.73. The van der Waals surface area contributed by atoms with Crippen molar-refractivity contribution in [2.24, 2.45) is 0 Å². The second kappa shape index (κ2) is 7.67. The number of anilines is 1. The van der Waals surface area contributed by atoms with Crippen LogP contribution in [0.4, 0.5) is 23.4 Å². The van der Waals surface area contributed by atoms with Crippen LogP contribution in [0.1, 0.15) is 5.56 Å². The molecule has 0 aliphatic heterocycles. The van der Waals surface area contributed by atoms with Crippen LogP contribution >= 0.6 is 11.6 Å². The second-order valence-electron chi connectivity index (χ2n) is 4.85. The lowest BCUT2D eigenvalue weighted by molar-refractivity contribution is -0.137. The summed E-state index contributed by atoms with van der Waals surface area (Å²) in [5, 5.41) is 12.2. The number of halogens is 5. The number of pyridine rings is 1. The Morgan fingerprint density at radius 1 is 1.25 bits per heavy atom. The molecule has 2 N–H and O–H groups in total. The Bertz CT molecular complexity index is 680. The molecule has 0 aliphatic carbocycles. The highest BCUT2D eigenvalue weighted by atomic mass is 35.5. The van der Waals surface area contributed by atoms with Gasteiger partial charge in [0.25, 0.3) is 0 Å². The number of hydrogen-bond acceptors (Lipinski definition) is 4. The van der Waals surface area contributed by atoms with Gasteiger partial charge >= 0.3 is 6.18 Å². The molecule has 24 heavy (non-hydrogen) atoms. The van der Waals surface area contributed by atoms with Gasteiger partial charge in [-0.25, -0.2) is 9.37 Å². The first kappa shape index (κ1) is 18.3. The van der Waals surface area contributed by atoms with Gasteiger partial charge in [0.05, 0.1) is 10.6 Å². The molecule has 2 rings (SSSR count). The number of nitrogens with one attached hydrogen (secondary N) is 1. The zero-order valence-corrected chi connectivity index (χ0v) is 12.9. The van der Waals surface area contributed by atoms with Gasteiger partial charge in [0.15, 0.2) is 0 Å². The molecule has 0 amide bonds. The van der Waals surface area contributed by atoms with E-state index in [9.17, 15) is 22.7 Å². The summed E-state index contributed by atoms with van der Waals surface area (Å²) in [4.78, 5) is 3.59. The van der Waals surface area contributed by atoms with Crippen molar-refractivity contribution in [3.05, 3.63) is 52.9 Å². The van der Waals surface area contributed by atoms with Crippen molar-refractivity contribution in [1.82, 2.24) is 4.98 Å². The monoisotopic (exact) mass is 364 g/mol. The second-order valence-corrected chi connectivity index (χ2v) is 5.26. The maximum absolute atomic E-state index is 12.7. The molecule has 0 fully saturated rings. The first-order valence-electron chi connectivity index (χ1n) is 6.79. The average molecular weight is 365 g/mol. The smallest absolute Gasteiger partial charge is 0.417 e. The summed E-state index contributed by atoms with van der Waals surface area (Å²) in [6.45, 7) is -0.143. The highest BCUT2D eigenvalue weighted by Crippen LogP contribution is 2.32. The van der Waals surface area contributed by atoms with Gasteiger partial charge in [0.1, 0.15) is 30.1 Å². The molecule has 0 bridgehead atoms. The van der Waals surface area contributed by atoms with E-state index in [1.807, 2.05) is 0 Å². The van der Waals surface area contributed by atoms with Crippen molar-refractivity contribution >= 4 is 17.4 Å². The molecular formula is C15H13ClF4N2O2. The Morgan fingerprint density at radius 3 is 2.50 bits per heavy atom. The Hall–Kier alpha value is -2.06. The minimum absolute atomic E-state index is 0.0190. The highest BCUT2D eigenvalue weighted by Gasteiger charge is 2.31. The molecule has 0 radical (unpaired) electrons. The predicted molar refractivity (Wildman–Crippen MR) is 80.6 cm³/mol. The largest absolute Gasteiger partial charge is 0.491 e. The lowest BCUT2D eigenvalue weighted by Crippen LogP contribution is -2.26. The van der Waals surface area contributed by atoms with E-state index >= 15 is 0 Å². The number of benzene rings is 1. The fraction of sp³-hybridized carbons (Fsp3) is 0.267. The van der Waals surface area contributed by atoms with Gasteiger partial charge in [-0.1, -0.05) is 11.6 Å². The quantitative estimate of drug-likeness (QED) is 0.767. The number of rotatable bonds is 6. The molecule has 130 valence electrons. The fourth-order valence-corrected chi connectivity index (χ4v) is 1.95. The normalized spacial score (nSPS) is 12.8. The highest BCUT2D eigenvalue weighted by molar-refractivity contribution is 6.32. The van der Waals surface area contributed by atoms with Crippen molar-refractivity contribution in [3.8, 4) is 5.75 Å². The number of ether oxygens (including phenoxy) is 1. The standard InChI is InChI=1S/C15H13ClF4N2O2/c16-13-5-9(15(18,19)20)6-21-14(13)22-7-11(23)8-24-12-3-1-10(17)2-4-12/h1-6,11,23H,7-8H2,(H,21,22). The van der Waals surface area contributed by atoms with E-state index in [0.717, 1.165) is 6.07 Å². The Morgan fingerprint density at radius 2 is 1.92 bits per heavy atom. The Balaban J connectivity index is 1.85. The van der Waals surface area contributed by atoms with Crippen LogP contribution in [0.5, 0.6) is 5.75 Å². The summed E-state index contributed by atoms with van der Waals surface area (Å²) in [5.41, 5.74) is -0.960. The van der Waals surface area contributed by atoms with E-state index in [1.165, 1.54) is 24.3 Å². The van der Waals surface area contributed by atoms with Gasteiger partial charge in [-0.05, 0) is 30.3 Å². The van der Waals surface area contributed by atoms with Crippen LogP contribution in [0.25, 0.3) is 0 Å². The van der Waals surface area contributed by atoms with E-state index < -0.39 is 23.7 Å². The number of nitrogens with zero attached hydrogens (tertiary/aromatic N) is 1. The molecule has 1 aromatic heterocycles. The molecule has 0 saturated heterocycles. The van der Waals surface area contributed by atoms with Crippen LogP contribution in [0.3, 0.4) is 0 Å². The summed E-state index contributed by atoms with van der Waals surface area (Å²) in [6.07, 6.45) is -4.86. The van der Waals surface area contributed by atoms with Crippen LogP contribution in [0.15, 0.2) is 36.5 Å². The lowest BCUT2D eigenvalue weighted by atomic mass is 10.2. The lowest BCUT2D eigenvalue weighted by Gasteiger charge is -2.15. The zero-order chi connectivity index (χ0) is 17.7. The molecule has 1 unspecified atom stereocenters. The minimum Gasteiger partial charge on any atom is -0.491 e. The van der Waals surface area contributed by atoms with Gasteiger partial charge < -0.3 is 15.2 Å². The first-order chi connectivity index (χ1) is 11.3. The van der Waals surface area contributed by atoms with Crippen molar-refractivity contribution < 1.29 is 27.4 Å². The van der Waals surface area contributed by atoms with Gasteiger partial charge in [-0.2, -0.15) is 13.2 Å². The summed E-state index contributed by atoms with van der Waals surface area (Å²) in [7, 11) is 0. The third-order valence-corrected chi connectivity index (χ3v) is 3.22.